The molecule has 0 saturated heterocycles. The number of nitrogens with zero attached hydrogens (tertiary/aromatic N) is 3. The Morgan fingerprint density at radius 1 is 1.21 bits per heavy atom. The monoisotopic (exact) mass is 532 g/mol. The summed E-state index contributed by atoms with van der Waals surface area (Å²) in [7, 11) is 0. The predicted molar refractivity (Wildman–Crippen MR) is 140 cm³/mol. The van der Waals surface area contributed by atoms with Crippen LogP contribution in [0.4, 0.5) is 24.5 Å². The maximum atomic E-state index is 13.7. The van der Waals surface area contributed by atoms with Gasteiger partial charge >= 0.3 is 0 Å². The van der Waals surface area contributed by atoms with Crippen molar-refractivity contribution in [3.63, 3.8) is 0 Å². The molecule has 0 bridgehead atoms. The molecule has 0 spiro atoms. The Bertz CT molecular complexity index is 1350. The molecule has 3 aromatic rings. The third-order valence-electron chi connectivity index (χ3n) is 5.38. The number of benzene rings is 2. The topological polar surface area (TPSA) is 97.0 Å². The average molecular weight is 533 g/mol. The number of hydrogen-bond acceptors (Lipinski definition) is 6. The van der Waals surface area contributed by atoms with Crippen LogP contribution >= 0.6 is 0 Å². The number of amides is 2. The molecular formula is C27H31F3N4O4. The van der Waals surface area contributed by atoms with E-state index in [2.05, 4.69) is 15.4 Å². The van der Waals surface area contributed by atoms with Gasteiger partial charge < -0.3 is 14.5 Å². The largest absolute Gasteiger partial charge is 0.460 e. The van der Waals surface area contributed by atoms with E-state index in [0.717, 1.165) is 18.0 Å². The van der Waals surface area contributed by atoms with Crippen LogP contribution in [0, 0.1) is 12.8 Å². The van der Waals surface area contributed by atoms with Crippen molar-refractivity contribution in [1.82, 2.24) is 4.98 Å². The lowest BCUT2D eigenvalue weighted by Gasteiger charge is -2.17. The van der Waals surface area contributed by atoms with Crippen molar-refractivity contribution in [2.75, 3.05) is 10.3 Å². The Hall–Kier alpha value is -4.15. The fraction of sp³-hybridized carbons (Fsp3) is 0.333. The van der Waals surface area contributed by atoms with Gasteiger partial charge in [0.05, 0.1) is 23.2 Å². The van der Waals surface area contributed by atoms with Crippen LogP contribution in [-0.4, -0.2) is 28.9 Å². The van der Waals surface area contributed by atoms with E-state index in [1.165, 1.54) is 56.4 Å². The average Bonchev–Trinajstić information content (AvgIpc) is 3.42. The number of carbonyl (C=O) groups is 2. The molecule has 38 heavy (non-hydrogen) atoms. The van der Waals surface area contributed by atoms with Gasteiger partial charge in [-0.1, -0.05) is 26.0 Å². The van der Waals surface area contributed by atoms with Gasteiger partial charge in [-0.3, -0.25) is 9.59 Å². The van der Waals surface area contributed by atoms with Crippen LogP contribution in [0.25, 0.3) is 11.5 Å². The summed E-state index contributed by atoms with van der Waals surface area (Å²) in [6.07, 6.45) is -0.129. The molecule has 1 aliphatic rings. The number of hydrogen-bond donors (Lipinski definition) is 1. The minimum atomic E-state index is -3.09. The van der Waals surface area contributed by atoms with E-state index >= 15 is 0 Å². The molecule has 8 nitrogen and oxygen atoms in total. The van der Waals surface area contributed by atoms with Crippen LogP contribution in [0.1, 0.15) is 47.4 Å². The van der Waals surface area contributed by atoms with Crippen LogP contribution in [-0.2, 0) is 15.5 Å². The highest BCUT2D eigenvalue weighted by atomic mass is 19.3. The number of anilines is 2. The molecule has 0 aliphatic carbocycles. The van der Waals surface area contributed by atoms with Gasteiger partial charge in [-0.15, -0.1) is 0 Å². The first-order valence-corrected chi connectivity index (χ1v) is 12.0. The molecule has 204 valence electrons. The highest BCUT2D eigenvalue weighted by molar-refractivity contribution is 6.28. The van der Waals surface area contributed by atoms with Crippen molar-refractivity contribution in [2.45, 2.75) is 53.8 Å². The van der Waals surface area contributed by atoms with E-state index in [1.54, 1.807) is 6.92 Å². The fourth-order valence-corrected chi connectivity index (χ4v) is 3.71. The number of rotatable bonds is 7. The lowest BCUT2D eigenvalue weighted by molar-refractivity contribution is -0.127. The molecule has 4 rings (SSSR count). The number of ether oxygens (including phenoxy) is 1. The highest BCUT2D eigenvalue weighted by Gasteiger charge is 2.40. The first-order chi connectivity index (χ1) is 17.9. The van der Waals surface area contributed by atoms with Gasteiger partial charge in [0.2, 0.25) is 18.2 Å². The van der Waals surface area contributed by atoms with Gasteiger partial charge in [0, 0.05) is 26.5 Å². The van der Waals surface area contributed by atoms with Gasteiger partial charge in [0.1, 0.15) is 11.5 Å². The maximum absolute atomic E-state index is 13.7. The number of hydrazone groups is 1. The van der Waals surface area contributed by atoms with Crippen LogP contribution in [0.15, 0.2) is 58.2 Å². The van der Waals surface area contributed by atoms with Crippen molar-refractivity contribution >= 4 is 28.9 Å². The lowest BCUT2D eigenvalue weighted by Crippen LogP contribution is -2.36. The summed E-state index contributed by atoms with van der Waals surface area (Å²) >= 11 is 0. The van der Waals surface area contributed by atoms with Gasteiger partial charge in [-0.2, -0.15) is 10.1 Å². The standard InChI is InChI=1S/C25H23F3N4O4.C2H6.H2/c1-13-12-29-23(35-13)19-11-18(8-9-20(19)36-15(3)26)32-24(34)21(14(2)31-32)22(33)30-17-7-5-6-16(10-17)25(4,27)28;1-2;/h5-12,15,21H,1-4H3,(H,30,33);1-2H3;1H. The molecule has 1 aliphatic heterocycles. The molecular weight excluding hydrogens is 501 g/mol. The summed E-state index contributed by atoms with van der Waals surface area (Å²) in [6, 6.07) is 9.66. The molecule has 2 unspecified atom stereocenters. The Balaban J connectivity index is 0.00000174. The van der Waals surface area contributed by atoms with Gasteiger partial charge in [0.25, 0.3) is 11.8 Å². The molecule has 11 heteroatoms. The third kappa shape index (κ3) is 6.21. The number of halogens is 3. The minimum absolute atomic E-state index is 0. The molecule has 0 fully saturated rings. The van der Waals surface area contributed by atoms with E-state index in [0.29, 0.717) is 5.76 Å². The summed E-state index contributed by atoms with van der Waals surface area (Å²) in [5.41, 5.74) is 0.620. The Kier molecular flexibility index (Phi) is 8.60. The summed E-state index contributed by atoms with van der Waals surface area (Å²) < 4.78 is 51.6. The van der Waals surface area contributed by atoms with Crippen molar-refractivity contribution in [2.24, 2.45) is 11.0 Å². The molecule has 0 saturated carbocycles. The molecule has 2 heterocycles. The zero-order valence-electron chi connectivity index (χ0n) is 21.9. The van der Waals surface area contributed by atoms with E-state index in [9.17, 15) is 22.8 Å². The summed E-state index contributed by atoms with van der Waals surface area (Å²) in [5, 5.41) is 7.78. The van der Waals surface area contributed by atoms with Crippen molar-refractivity contribution in [3.05, 3.63) is 60.0 Å². The van der Waals surface area contributed by atoms with Crippen molar-refractivity contribution in [1.29, 1.82) is 0 Å². The Labute approximate surface area is 220 Å². The zero-order chi connectivity index (χ0) is 28.2. The fourth-order valence-electron chi connectivity index (χ4n) is 3.71. The van der Waals surface area contributed by atoms with E-state index < -0.39 is 30.0 Å². The molecule has 1 aromatic heterocycles. The number of carbonyl (C=O) groups excluding carboxylic acids is 2. The number of aromatic nitrogens is 1. The molecule has 2 atom stereocenters. The molecule has 2 amide bonds. The second kappa shape index (κ2) is 11.5. The van der Waals surface area contributed by atoms with Crippen LogP contribution in [0.3, 0.4) is 0 Å². The third-order valence-corrected chi connectivity index (χ3v) is 5.38. The van der Waals surface area contributed by atoms with Crippen LogP contribution in [0.5, 0.6) is 5.75 Å². The SMILES string of the molecule is CC.CC1=NN(c2ccc(OC(C)F)c(-c3ncc(C)o3)c2)C(=O)C1C(=O)Nc1cccc(C(C)(F)F)c1.[HH]. The molecule has 1 N–H and O–H groups in total. The molecule has 2 aromatic carbocycles. The normalized spacial score (nSPS) is 15.9. The van der Waals surface area contributed by atoms with Gasteiger partial charge in [-0.05, 0) is 44.2 Å². The lowest BCUT2D eigenvalue weighted by atomic mass is 10.0. The predicted octanol–water partition coefficient (Wildman–Crippen LogP) is 6.71. The maximum Gasteiger partial charge on any atom is 0.270 e. The number of aryl methyl sites for hydroxylation is 1. The van der Waals surface area contributed by atoms with E-state index in [1.807, 2.05) is 13.8 Å². The first kappa shape index (κ1) is 28.4. The second-order valence-electron chi connectivity index (χ2n) is 8.40. The van der Waals surface area contributed by atoms with Crippen LogP contribution < -0.4 is 15.1 Å². The van der Waals surface area contributed by atoms with Crippen molar-refractivity contribution in [3.8, 4) is 17.2 Å². The van der Waals surface area contributed by atoms with E-state index in [4.69, 9.17) is 9.15 Å². The number of oxazole rings is 1. The number of alkyl halides is 3. The molecule has 0 radical (unpaired) electrons. The van der Waals surface area contributed by atoms with Crippen LogP contribution in [0.2, 0.25) is 0 Å². The summed E-state index contributed by atoms with van der Waals surface area (Å²) in [5.74, 6) is -4.91. The number of nitrogens with one attached hydrogen (secondary N) is 1. The Morgan fingerprint density at radius 2 is 1.92 bits per heavy atom. The summed E-state index contributed by atoms with van der Waals surface area (Å²) in [6.45, 7) is 9.17. The quantitative estimate of drug-likeness (QED) is 0.341. The summed E-state index contributed by atoms with van der Waals surface area (Å²) in [4.78, 5) is 30.3. The Morgan fingerprint density at radius 3 is 2.53 bits per heavy atom. The minimum Gasteiger partial charge on any atom is -0.460 e. The van der Waals surface area contributed by atoms with Gasteiger partial charge in [-0.25, -0.2) is 18.2 Å². The van der Waals surface area contributed by atoms with Gasteiger partial charge in [0.15, 0.2) is 5.92 Å². The van der Waals surface area contributed by atoms with Crippen molar-refractivity contribution < 1.29 is 33.3 Å². The first-order valence-electron chi connectivity index (χ1n) is 12.0. The second-order valence-corrected chi connectivity index (χ2v) is 8.40. The van der Waals surface area contributed by atoms with E-state index in [-0.39, 0.29) is 41.3 Å². The highest BCUT2D eigenvalue weighted by Crippen LogP contribution is 2.36. The smallest absolute Gasteiger partial charge is 0.270 e. The zero-order valence-corrected chi connectivity index (χ0v) is 21.9.